The number of hydrogen-bond donors (Lipinski definition) is 1. The van der Waals surface area contributed by atoms with Crippen LogP contribution >= 0.6 is 11.6 Å². The predicted octanol–water partition coefficient (Wildman–Crippen LogP) is 6.15. The monoisotopic (exact) mass is 506 g/mol. The van der Waals surface area contributed by atoms with Gasteiger partial charge in [0, 0.05) is 17.4 Å². The minimum Gasteiger partial charge on any atom is -0.611 e. The van der Waals surface area contributed by atoms with Gasteiger partial charge in [0.25, 0.3) is 0 Å². The summed E-state index contributed by atoms with van der Waals surface area (Å²) >= 11 is 5.23. The zero-order valence-electron chi connectivity index (χ0n) is 18.4. The Bertz CT molecular complexity index is 1460. The molecule has 176 valence electrons. The number of anilines is 2. The van der Waals surface area contributed by atoms with E-state index in [-0.39, 0.29) is 12.4 Å². The molecule has 1 unspecified atom stereocenters. The lowest BCUT2D eigenvalue weighted by atomic mass is 10.2. The van der Waals surface area contributed by atoms with Gasteiger partial charge in [-0.3, -0.25) is 0 Å². The van der Waals surface area contributed by atoms with Crippen LogP contribution in [0.4, 0.5) is 15.9 Å². The van der Waals surface area contributed by atoms with Gasteiger partial charge in [-0.2, -0.15) is 5.10 Å². The van der Waals surface area contributed by atoms with E-state index in [1.165, 1.54) is 18.5 Å². The van der Waals surface area contributed by atoms with Crippen LogP contribution in [0.5, 0.6) is 5.75 Å². The highest BCUT2D eigenvalue weighted by Gasteiger charge is 2.18. The molecule has 0 aliphatic carbocycles. The second-order valence-electron chi connectivity index (χ2n) is 7.73. The number of benzene rings is 3. The number of fused-ring (bicyclic) bond motifs is 1. The molecule has 0 aliphatic rings. The third-order valence-electron chi connectivity index (χ3n) is 5.31. The van der Waals surface area contributed by atoms with Gasteiger partial charge < -0.3 is 14.6 Å². The van der Waals surface area contributed by atoms with Gasteiger partial charge >= 0.3 is 0 Å². The maximum atomic E-state index is 13.4. The zero-order chi connectivity index (χ0) is 24.2. The van der Waals surface area contributed by atoms with E-state index in [1.807, 2.05) is 48.7 Å². The van der Waals surface area contributed by atoms with Gasteiger partial charge in [-0.05, 0) is 65.3 Å². The van der Waals surface area contributed by atoms with Crippen LogP contribution in [0.15, 0.2) is 96.3 Å². The molecule has 35 heavy (non-hydrogen) atoms. The molecular formula is C26H20ClFN4O2S. The Labute approximate surface area is 209 Å². The molecule has 3 aromatic carbocycles. The molecule has 0 aliphatic heterocycles. The Morgan fingerprint density at radius 3 is 2.69 bits per heavy atom. The van der Waals surface area contributed by atoms with Gasteiger partial charge in [0.1, 0.15) is 35.8 Å². The van der Waals surface area contributed by atoms with Gasteiger partial charge in [-0.15, -0.1) is 0 Å². The number of nitrogens with one attached hydrogen (secondary N) is 1. The van der Waals surface area contributed by atoms with Crippen molar-refractivity contribution in [1.29, 1.82) is 0 Å². The molecule has 0 radical (unpaired) electrons. The first-order chi connectivity index (χ1) is 17.1. The third-order valence-corrected chi connectivity index (χ3v) is 6.97. The van der Waals surface area contributed by atoms with E-state index in [1.54, 1.807) is 28.8 Å². The number of hydrogen-bond acceptors (Lipinski definition) is 5. The van der Waals surface area contributed by atoms with Crippen LogP contribution in [-0.4, -0.2) is 19.2 Å². The molecule has 5 rings (SSSR count). The Hall–Kier alpha value is -3.59. The van der Waals surface area contributed by atoms with Crippen LogP contribution in [-0.2, 0) is 23.5 Å². The zero-order valence-corrected chi connectivity index (χ0v) is 20.0. The van der Waals surface area contributed by atoms with E-state index >= 15 is 0 Å². The molecule has 9 heteroatoms. The molecule has 0 saturated heterocycles. The second-order valence-corrected chi connectivity index (χ2v) is 9.59. The van der Waals surface area contributed by atoms with Crippen LogP contribution in [0.2, 0.25) is 5.02 Å². The molecule has 0 saturated carbocycles. The summed E-state index contributed by atoms with van der Waals surface area (Å²) < 4.78 is 33.7. The van der Waals surface area contributed by atoms with Gasteiger partial charge in [0.2, 0.25) is 0 Å². The summed E-state index contributed by atoms with van der Waals surface area (Å²) in [4.78, 5) is 5.16. The van der Waals surface area contributed by atoms with Gasteiger partial charge in [0.15, 0.2) is 10.7 Å². The Morgan fingerprint density at radius 1 is 1.03 bits per heavy atom. The fourth-order valence-corrected chi connectivity index (χ4v) is 5.02. The standard InChI is InChI=1S/C26H20ClFN4O2S/c27-23-14-21(9-10-24(23)34-15-18-5-4-6-20(28)13-18)31-26-25-19(11-12-32(25)30-17-29-26)16-35(33)22-7-2-1-3-8-22/h1-14,17H,15-16H2,(H,29,30,31). The molecule has 1 N–H and O–H groups in total. The summed E-state index contributed by atoms with van der Waals surface area (Å²) in [7, 11) is 0. The normalized spacial score (nSPS) is 12.0. The van der Waals surface area contributed by atoms with Crippen molar-refractivity contribution in [2.75, 3.05) is 5.32 Å². The van der Waals surface area contributed by atoms with E-state index in [0.29, 0.717) is 33.6 Å². The molecule has 0 amide bonds. The third kappa shape index (κ3) is 5.40. The van der Waals surface area contributed by atoms with Crippen LogP contribution in [0.1, 0.15) is 11.1 Å². The van der Waals surface area contributed by atoms with Gasteiger partial charge in [-0.1, -0.05) is 41.9 Å². The smallest absolute Gasteiger partial charge is 0.158 e. The lowest BCUT2D eigenvalue weighted by Crippen LogP contribution is -2.06. The number of halogens is 2. The minimum atomic E-state index is -1.21. The number of rotatable bonds is 8. The quantitative estimate of drug-likeness (QED) is 0.255. The highest BCUT2D eigenvalue weighted by molar-refractivity contribution is 7.90. The molecule has 2 aromatic heterocycles. The molecule has 2 heterocycles. The first kappa shape index (κ1) is 23.2. The first-order valence-corrected chi connectivity index (χ1v) is 12.4. The van der Waals surface area contributed by atoms with Crippen LogP contribution in [0, 0.1) is 5.82 Å². The van der Waals surface area contributed by atoms with E-state index < -0.39 is 11.2 Å². The second kappa shape index (κ2) is 10.4. The summed E-state index contributed by atoms with van der Waals surface area (Å²) in [6.45, 7) is 0.197. The van der Waals surface area contributed by atoms with Crippen LogP contribution in [0.25, 0.3) is 5.52 Å². The van der Waals surface area contributed by atoms with Crippen molar-refractivity contribution in [3.63, 3.8) is 0 Å². The molecule has 0 fully saturated rings. The molecule has 1 atom stereocenters. The van der Waals surface area contributed by atoms with E-state index in [2.05, 4.69) is 15.4 Å². The average Bonchev–Trinajstić information content (AvgIpc) is 3.28. The van der Waals surface area contributed by atoms with Crippen molar-refractivity contribution < 1.29 is 13.7 Å². The van der Waals surface area contributed by atoms with Crippen molar-refractivity contribution >= 4 is 39.8 Å². The fourth-order valence-electron chi connectivity index (χ4n) is 3.64. The Morgan fingerprint density at radius 2 is 1.89 bits per heavy atom. The maximum Gasteiger partial charge on any atom is 0.158 e. The van der Waals surface area contributed by atoms with E-state index in [0.717, 1.165) is 16.0 Å². The van der Waals surface area contributed by atoms with Gasteiger partial charge in [0.05, 0.1) is 5.02 Å². The fraction of sp³-hybridized carbons (Fsp3) is 0.0769. The van der Waals surface area contributed by atoms with Crippen molar-refractivity contribution in [3.8, 4) is 5.75 Å². The summed E-state index contributed by atoms with van der Waals surface area (Å²) in [6, 6.07) is 22.7. The van der Waals surface area contributed by atoms with Crippen molar-refractivity contribution in [2.24, 2.45) is 0 Å². The summed E-state index contributed by atoms with van der Waals surface area (Å²) in [5.41, 5.74) is 3.00. The van der Waals surface area contributed by atoms with Crippen LogP contribution in [0.3, 0.4) is 0 Å². The lowest BCUT2D eigenvalue weighted by molar-refractivity contribution is 0.306. The molecular weight excluding hydrogens is 487 g/mol. The van der Waals surface area contributed by atoms with E-state index in [4.69, 9.17) is 16.3 Å². The van der Waals surface area contributed by atoms with Crippen molar-refractivity contribution in [3.05, 3.63) is 113 Å². The summed E-state index contributed by atoms with van der Waals surface area (Å²) in [6.07, 6.45) is 3.27. The lowest BCUT2D eigenvalue weighted by Gasteiger charge is -2.13. The molecule has 0 spiro atoms. The largest absolute Gasteiger partial charge is 0.611 e. The van der Waals surface area contributed by atoms with Crippen molar-refractivity contribution in [1.82, 2.24) is 14.6 Å². The number of aromatic nitrogens is 3. The summed E-state index contributed by atoms with van der Waals surface area (Å²) in [5.74, 6) is 1.06. The maximum absolute atomic E-state index is 13.4. The minimum absolute atomic E-state index is 0.197. The Kier molecular flexibility index (Phi) is 6.85. The summed E-state index contributed by atoms with van der Waals surface area (Å²) in [5, 5.41) is 7.94. The molecule has 0 bridgehead atoms. The number of nitrogens with zero attached hydrogens (tertiary/aromatic N) is 3. The highest BCUT2D eigenvalue weighted by atomic mass is 35.5. The molecule has 6 nitrogen and oxygen atoms in total. The van der Waals surface area contributed by atoms with Crippen LogP contribution < -0.4 is 10.1 Å². The Balaban J connectivity index is 1.34. The number of ether oxygens (including phenoxy) is 1. The topological polar surface area (TPSA) is 74.5 Å². The van der Waals surface area contributed by atoms with Gasteiger partial charge in [-0.25, -0.2) is 13.9 Å². The SMILES string of the molecule is [O-][S+](Cc1ccn2ncnc(Nc3ccc(OCc4cccc(F)c4)c(Cl)c3)c12)c1ccccc1. The first-order valence-electron chi connectivity index (χ1n) is 10.8. The van der Waals surface area contributed by atoms with E-state index in [9.17, 15) is 8.94 Å². The molecule has 5 aromatic rings. The van der Waals surface area contributed by atoms with Crippen molar-refractivity contribution in [2.45, 2.75) is 17.3 Å². The average molecular weight is 507 g/mol. The highest BCUT2D eigenvalue weighted by Crippen LogP contribution is 2.31. The predicted molar refractivity (Wildman–Crippen MR) is 135 cm³/mol.